The minimum atomic E-state index is -1.01. The minimum Gasteiger partial charge on any atom is -0.497 e. The normalized spacial score (nSPS) is 16.0. The van der Waals surface area contributed by atoms with Crippen LogP contribution in [0.15, 0.2) is 36.4 Å². The van der Waals surface area contributed by atoms with Gasteiger partial charge in [0.15, 0.2) is 0 Å². The predicted octanol–water partition coefficient (Wildman–Crippen LogP) is 4.15. The summed E-state index contributed by atoms with van der Waals surface area (Å²) >= 11 is 6.31. The second-order valence-electron chi connectivity index (χ2n) is 5.62. The summed E-state index contributed by atoms with van der Waals surface area (Å²) in [6.45, 7) is 0.944. The van der Waals surface area contributed by atoms with Crippen molar-refractivity contribution in [3.8, 4) is 22.6 Å². The Bertz CT molecular complexity index is 763. The molecule has 0 saturated heterocycles. The van der Waals surface area contributed by atoms with Crippen LogP contribution in [-0.4, -0.2) is 31.5 Å². The van der Waals surface area contributed by atoms with Gasteiger partial charge >= 0.3 is 6.09 Å². The van der Waals surface area contributed by atoms with E-state index in [0.29, 0.717) is 18.2 Å². The van der Waals surface area contributed by atoms with Gasteiger partial charge in [-0.3, -0.25) is 0 Å². The third kappa shape index (κ3) is 3.41. The van der Waals surface area contributed by atoms with E-state index in [1.54, 1.807) is 13.2 Å². The summed E-state index contributed by atoms with van der Waals surface area (Å²) in [6.07, 6.45) is -0.227. The van der Waals surface area contributed by atoms with E-state index in [-0.39, 0.29) is 5.92 Å². The van der Waals surface area contributed by atoms with E-state index in [0.717, 1.165) is 34.6 Å². The molecule has 1 aliphatic heterocycles. The second-order valence-corrected chi connectivity index (χ2v) is 6.03. The van der Waals surface area contributed by atoms with Crippen LogP contribution in [0.4, 0.5) is 4.79 Å². The Hall–Kier alpha value is -2.40. The first kappa shape index (κ1) is 16.5. The second kappa shape index (κ2) is 7.01. The fourth-order valence-corrected chi connectivity index (χ4v) is 3.13. The number of amides is 1. The van der Waals surface area contributed by atoms with Crippen molar-refractivity contribution in [3.63, 3.8) is 0 Å². The molecule has 1 aliphatic rings. The first-order valence-electron chi connectivity index (χ1n) is 7.66. The van der Waals surface area contributed by atoms with E-state index >= 15 is 0 Å². The Kier molecular flexibility index (Phi) is 4.81. The van der Waals surface area contributed by atoms with Gasteiger partial charge < -0.3 is 19.9 Å². The molecule has 0 aromatic heterocycles. The van der Waals surface area contributed by atoms with E-state index in [1.165, 1.54) is 0 Å². The van der Waals surface area contributed by atoms with E-state index in [1.807, 2.05) is 30.3 Å². The minimum absolute atomic E-state index is 0.111. The molecule has 5 nitrogen and oxygen atoms in total. The first-order valence-corrected chi connectivity index (χ1v) is 8.03. The standard InChI is InChI=1S/C18H18ClNO4/c1-23-13-3-5-16(19)15(9-13)11-2-4-14-12(10-20-18(21)22)6-7-24-17(14)8-11/h2-5,8-9,12,20H,6-7,10H2,1H3,(H,21,22)/t12-/m0/s1. The van der Waals surface area contributed by atoms with Gasteiger partial charge in [-0.05, 0) is 41.8 Å². The van der Waals surface area contributed by atoms with Crippen molar-refractivity contribution in [2.45, 2.75) is 12.3 Å². The number of halogens is 1. The summed E-state index contributed by atoms with van der Waals surface area (Å²) in [7, 11) is 1.61. The van der Waals surface area contributed by atoms with Crippen LogP contribution in [0.1, 0.15) is 17.9 Å². The fraction of sp³-hybridized carbons (Fsp3) is 0.278. The van der Waals surface area contributed by atoms with E-state index in [9.17, 15) is 4.79 Å². The Balaban J connectivity index is 1.92. The number of carbonyl (C=O) groups is 1. The van der Waals surface area contributed by atoms with Gasteiger partial charge in [-0.1, -0.05) is 23.7 Å². The smallest absolute Gasteiger partial charge is 0.404 e. The van der Waals surface area contributed by atoms with Gasteiger partial charge in [0.25, 0.3) is 0 Å². The zero-order valence-corrected chi connectivity index (χ0v) is 14.0. The Morgan fingerprint density at radius 3 is 2.96 bits per heavy atom. The lowest BCUT2D eigenvalue weighted by molar-refractivity contribution is 0.191. The van der Waals surface area contributed by atoms with Crippen molar-refractivity contribution < 1.29 is 19.4 Å². The molecule has 0 spiro atoms. The average Bonchev–Trinajstić information content (AvgIpc) is 2.59. The van der Waals surface area contributed by atoms with Gasteiger partial charge in [0.1, 0.15) is 11.5 Å². The molecule has 6 heteroatoms. The van der Waals surface area contributed by atoms with Gasteiger partial charge in [-0.2, -0.15) is 0 Å². The number of carboxylic acid groups (broad SMARTS) is 1. The molecule has 0 fully saturated rings. The monoisotopic (exact) mass is 347 g/mol. The van der Waals surface area contributed by atoms with Gasteiger partial charge in [0.2, 0.25) is 0 Å². The largest absolute Gasteiger partial charge is 0.497 e. The van der Waals surface area contributed by atoms with Crippen LogP contribution < -0.4 is 14.8 Å². The molecule has 1 amide bonds. The highest BCUT2D eigenvalue weighted by atomic mass is 35.5. The van der Waals surface area contributed by atoms with Crippen LogP contribution in [0.25, 0.3) is 11.1 Å². The fourth-order valence-electron chi connectivity index (χ4n) is 2.91. The molecule has 0 aliphatic carbocycles. The third-order valence-electron chi connectivity index (χ3n) is 4.16. The average molecular weight is 348 g/mol. The molecule has 24 heavy (non-hydrogen) atoms. The number of benzene rings is 2. The Morgan fingerprint density at radius 2 is 2.21 bits per heavy atom. The van der Waals surface area contributed by atoms with Crippen molar-refractivity contribution in [3.05, 3.63) is 47.0 Å². The maximum Gasteiger partial charge on any atom is 0.404 e. The molecule has 2 aromatic rings. The molecular formula is C18H18ClNO4. The number of fused-ring (bicyclic) bond motifs is 1. The maximum atomic E-state index is 10.7. The lowest BCUT2D eigenvalue weighted by Crippen LogP contribution is -2.29. The number of nitrogens with one attached hydrogen (secondary N) is 1. The van der Waals surface area contributed by atoms with Crippen LogP contribution >= 0.6 is 11.6 Å². The summed E-state index contributed by atoms with van der Waals surface area (Å²) in [6, 6.07) is 11.4. The first-order chi connectivity index (χ1) is 11.6. The molecule has 0 saturated carbocycles. The van der Waals surface area contributed by atoms with Crippen molar-refractivity contribution in [1.82, 2.24) is 5.32 Å². The van der Waals surface area contributed by atoms with Crippen LogP contribution in [0.5, 0.6) is 11.5 Å². The van der Waals surface area contributed by atoms with Crippen molar-refractivity contribution >= 4 is 17.7 Å². The number of ether oxygens (including phenoxy) is 2. The van der Waals surface area contributed by atoms with Crippen molar-refractivity contribution in [2.24, 2.45) is 0 Å². The topological polar surface area (TPSA) is 67.8 Å². The SMILES string of the molecule is COc1ccc(Cl)c(-c2ccc3c(c2)OCC[C@H]3CNC(=O)O)c1. The summed E-state index contributed by atoms with van der Waals surface area (Å²) in [5.74, 6) is 1.62. The molecule has 2 N–H and O–H groups in total. The molecule has 1 heterocycles. The molecule has 1 atom stereocenters. The summed E-state index contributed by atoms with van der Waals surface area (Å²) < 4.78 is 11.0. The lowest BCUT2D eigenvalue weighted by Gasteiger charge is -2.26. The highest BCUT2D eigenvalue weighted by molar-refractivity contribution is 6.33. The predicted molar refractivity (Wildman–Crippen MR) is 92.3 cm³/mol. The van der Waals surface area contributed by atoms with Gasteiger partial charge in [0.05, 0.1) is 13.7 Å². The van der Waals surface area contributed by atoms with E-state index in [2.05, 4.69) is 5.32 Å². The quantitative estimate of drug-likeness (QED) is 0.871. The molecule has 0 radical (unpaired) electrons. The highest BCUT2D eigenvalue weighted by Crippen LogP contribution is 2.39. The highest BCUT2D eigenvalue weighted by Gasteiger charge is 2.22. The summed E-state index contributed by atoms with van der Waals surface area (Å²) in [4.78, 5) is 10.7. The third-order valence-corrected chi connectivity index (χ3v) is 4.49. The van der Waals surface area contributed by atoms with E-state index in [4.69, 9.17) is 26.2 Å². The molecule has 126 valence electrons. The van der Waals surface area contributed by atoms with Crippen molar-refractivity contribution in [2.75, 3.05) is 20.3 Å². The Morgan fingerprint density at radius 1 is 1.38 bits per heavy atom. The van der Waals surface area contributed by atoms with Crippen molar-refractivity contribution in [1.29, 1.82) is 0 Å². The molecular weight excluding hydrogens is 330 g/mol. The van der Waals surface area contributed by atoms with Crippen LogP contribution in [-0.2, 0) is 0 Å². The van der Waals surface area contributed by atoms with Crippen LogP contribution in [0.3, 0.4) is 0 Å². The number of rotatable bonds is 4. The zero-order valence-electron chi connectivity index (χ0n) is 13.2. The van der Waals surface area contributed by atoms with Gasteiger partial charge in [-0.25, -0.2) is 4.79 Å². The number of hydrogen-bond donors (Lipinski definition) is 2. The zero-order chi connectivity index (χ0) is 17.1. The molecule has 0 unspecified atom stereocenters. The van der Waals surface area contributed by atoms with Gasteiger partial charge in [-0.15, -0.1) is 0 Å². The number of hydrogen-bond acceptors (Lipinski definition) is 3. The molecule has 0 bridgehead atoms. The number of methoxy groups -OCH3 is 1. The van der Waals surface area contributed by atoms with Gasteiger partial charge in [0, 0.05) is 23.0 Å². The summed E-state index contributed by atoms with van der Waals surface area (Å²) in [5.41, 5.74) is 2.82. The van der Waals surface area contributed by atoms with Crippen LogP contribution in [0, 0.1) is 0 Å². The Labute approximate surface area is 145 Å². The summed E-state index contributed by atoms with van der Waals surface area (Å²) in [5, 5.41) is 11.9. The lowest BCUT2D eigenvalue weighted by atomic mass is 9.91. The maximum absolute atomic E-state index is 10.7. The molecule has 3 rings (SSSR count). The molecule has 2 aromatic carbocycles. The van der Waals surface area contributed by atoms with E-state index < -0.39 is 6.09 Å². The van der Waals surface area contributed by atoms with Crippen LogP contribution in [0.2, 0.25) is 5.02 Å².